The lowest BCUT2D eigenvalue weighted by atomic mass is 9.90. The Morgan fingerprint density at radius 1 is 1.23 bits per heavy atom. The van der Waals surface area contributed by atoms with Gasteiger partial charge >= 0.3 is 6.09 Å². The second-order valence-corrected chi connectivity index (χ2v) is 8.40. The first kappa shape index (κ1) is 20.2. The van der Waals surface area contributed by atoms with Crippen molar-refractivity contribution in [2.45, 2.75) is 50.5 Å². The SMILES string of the molecule is O=C(N[C@@H]1CCCN(c2ncnc3c2CC2(CC3)OCCO2)C1)OCc1ccccc1. The van der Waals surface area contributed by atoms with Crippen molar-refractivity contribution in [1.29, 1.82) is 0 Å². The van der Waals surface area contributed by atoms with Crippen molar-refractivity contribution in [3.05, 3.63) is 53.5 Å². The summed E-state index contributed by atoms with van der Waals surface area (Å²) in [5.41, 5.74) is 3.16. The van der Waals surface area contributed by atoms with Crippen LogP contribution in [0.4, 0.5) is 10.6 Å². The molecule has 1 aromatic carbocycles. The monoisotopic (exact) mass is 424 g/mol. The van der Waals surface area contributed by atoms with Crippen molar-refractivity contribution in [3.63, 3.8) is 0 Å². The number of piperidine rings is 1. The normalized spacial score (nSPS) is 22.2. The van der Waals surface area contributed by atoms with E-state index in [4.69, 9.17) is 14.2 Å². The molecule has 0 radical (unpaired) electrons. The highest BCUT2D eigenvalue weighted by molar-refractivity contribution is 5.67. The molecular weight excluding hydrogens is 396 g/mol. The smallest absolute Gasteiger partial charge is 0.407 e. The maximum Gasteiger partial charge on any atom is 0.407 e. The Morgan fingerprint density at radius 3 is 2.90 bits per heavy atom. The van der Waals surface area contributed by atoms with Crippen molar-refractivity contribution in [2.75, 3.05) is 31.2 Å². The number of nitrogens with zero attached hydrogens (tertiary/aromatic N) is 3. The van der Waals surface area contributed by atoms with Gasteiger partial charge in [-0.25, -0.2) is 14.8 Å². The number of amides is 1. The molecule has 1 aliphatic carbocycles. The summed E-state index contributed by atoms with van der Waals surface area (Å²) in [6.45, 7) is 3.14. The van der Waals surface area contributed by atoms with Gasteiger partial charge in [-0.2, -0.15) is 0 Å². The number of fused-ring (bicyclic) bond motifs is 1. The Kier molecular flexibility index (Phi) is 5.74. The summed E-state index contributed by atoms with van der Waals surface area (Å²) in [5, 5.41) is 3.02. The highest BCUT2D eigenvalue weighted by Gasteiger charge is 2.42. The quantitative estimate of drug-likeness (QED) is 0.807. The van der Waals surface area contributed by atoms with Gasteiger partial charge in [-0.15, -0.1) is 0 Å². The third-order valence-corrected chi connectivity index (χ3v) is 6.27. The maximum atomic E-state index is 12.3. The lowest BCUT2D eigenvalue weighted by Crippen LogP contribution is -2.49. The molecule has 2 saturated heterocycles. The summed E-state index contributed by atoms with van der Waals surface area (Å²) < 4.78 is 17.3. The topological polar surface area (TPSA) is 85.8 Å². The zero-order chi connectivity index (χ0) is 21.1. The molecule has 3 aliphatic rings. The van der Waals surface area contributed by atoms with Gasteiger partial charge in [0.15, 0.2) is 5.79 Å². The predicted octanol–water partition coefficient (Wildman–Crippen LogP) is 2.60. The molecule has 31 heavy (non-hydrogen) atoms. The van der Waals surface area contributed by atoms with Gasteiger partial charge in [0.1, 0.15) is 18.8 Å². The van der Waals surface area contributed by atoms with E-state index >= 15 is 0 Å². The third-order valence-electron chi connectivity index (χ3n) is 6.27. The van der Waals surface area contributed by atoms with Crippen LogP contribution >= 0.6 is 0 Å². The van der Waals surface area contributed by atoms with Gasteiger partial charge in [0.05, 0.1) is 13.2 Å². The van der Waals surface area contributed by atoms with Gasteiger partial charge in [-0.05, 0) is 24.8 Å². The van der Waals surface area contributed by atoms with Gasteiger partial charge in [0.25, 0.3) is 0 Å². The van der Waals surface area contributed by atoms with E-state index in [2.05, 4.69) is 20.2 Å². The molecule has 8 heteroatoms. The fraction of sp³-hybridized carbons (Fsp3) is 0.522. The first-order valence-electron chi connectivity index (χ1n) is 11.0. The second kappa shape index (κ2) is 8.80. The van der Waals surface area contributed by atoms with Gasteiger partial charge in [-0.3, -0.25) is 0 Å². The molecule has 1 atom stereocenters. The number of rotatable bonds is 4. The number of aromatic nitrogens is 2. The molecule has 2 fully saturated rings. The zero-order valence-corrected chi connectivity index (χ0v) is 17.6. The molecule has 1 amide bonds. The average molecular weight is 425 g/mol. The number of carbonyl (C=O) groups excluding carboxylic acids is 1. The number of aryl methyl sites for hydroxylation is 1. The Bertz CT molecular complexity index is 917. The summed E-state index contributed by atoms with van der Waals surface area (Å²) >= 11 is 0. The van der Waals surface area contributed by atoms with E-state index in [9.17, 15) is 4.79 Å². The van der Waals surface area contributed by atoms with E-state index < -0.39 is 5.79 Å². The first-order valence-corrected chi connectivity index (χ1v) is 11.0. The Labute approximate surface area is 181 Å². The molecule has 1 aromatic heterocycles. The van der Waals surface area contributed by atoms with E-state index in [1.807, 2.05) is 30.3 Å². The first-order chi connectivity index (χ1) is 15.2. The van der Waals surface area contributed by atoms with Crippen LogP contribution in [0.3, 0.4) is 0 Å². The minimum Gasteiger partial charge on any atom is -0.445 e. The number of anilines is 1. The summed E-state index contributed by atoms with van der Waals surface area (Å²) in [6.07, 6.45) is 5.48. The predicted molar refractivity (Wildman–Crippen MR) is 114 cm³/mol. The Morgan fingerprint density at radius 2 is 2.06 bits per heavy atom. The number of hydrogen-bond acceptors (Lipinski definition) is 7. The summed E-state index contributed by atoms with van der Waals surface area (Å²) in [7, 11) is 0. The summed E-state index contributed by atoms with van der Waals surface area (Å²) in [4.78, 5) is 23.7. The molecule has 3 heterocycles. The van der Waals surface area contributed by atoms with Crippen molar-refractivity contribution >= 4 is 11.9 Å². The fourth-order valence-electron chi connectivity index (χ4n) is 4.74. The minimum absolute atomic E-state index is 0.0131. The minimum atomic E-state index is -0.527. The molecule has 164 valence electrons. The van der Waals surface area contributed by atoms with Crippen LogP contribution in [-0.4, -0.2) is 54.2 Å². The lowest BCUT2D eigenvalue weighted by Gasteiger charge is -2.38. The van der Waals surface area contributed by atoms with Crippen LogP contribution in [0.1, 0.15) is 36.1 Å². The molecule has 8 nitrogen and oxygen atoms in total. The molecule has 0 unspecified atom stereocenters. The van der Waals surface area contributed by atoms with Crippen molar-refractivity contribution in [3.8, 4) is 0 Å². The third kappa shape index (κ3) is 4.50. The number of benzene rings is 1. The number of nitrogens with one attached hydrogen (secondary N) is 1. The van der Waals surface area contributed by atoms with Crippen LogP contribution in [0.15, 0.2) is 36.7 Å². The van der Waals surface area contributed by atoms with Crippen LogP contribution in [-0.2, 0) is 33.7 Å². The molecule has 1 spiro atoms. The Hall–Kier alpha value is -2.71. The van der Waals surface area contributed by atoms with Gasteiger partial charge in [-0.1, -0.05) is 30.3 Å². The van der Waals surface area contributed by atoms with Crippen molar-refractivity contribution < 1.29 is 19.0 Å². The standard InChI is InChI=1S/C23H28N4O4/c28-22(29-15-17-5-2-1-3-6-17)26-18-7-4-10-27(14-18)21-19-13-23(30-11-12-31-23)9-8-20(19)24-16-25-21/h1-3,5-6,16,18H,4,7-15H2,(H,26,28)/t18-/m1/s1. The molecule has 2 aromatic rings. The maximum absolute atomic E-state index is 12.3. The number of hydrogen-bond donors (Lipinski definition) is 1. The van der Waals surface area contributed by atoms with Gasteiger partial charge in [0, 0.05) is 43.2 Å². The lowest BCUT2D eigenvalue weighted by molar-refractivity contribution is -0.164. The number of carbonyl (C=O) groups is 1. The molecule has 0 saturated carbocycles. The molecule has 1 N–H and O–H groups in total. The van der Waals surface area contributed by atoms with Gasteiger partial charge < -0.3 is 24.4 Å². The number of alkyl carbamates (subject to hydrolysis) is 1. The molecule has 2 aliphatic heterocycles. The fourth-order valence-corrected chi connectivity index (χ4v) is 4.74. The zero-order valence-electron chi connectivity index (χ0n) is 17.6. The number of ether oxygens (including phenoxy) is 3. The summed E-state index contributed by atoms with van der Waals surface area (Å²) in [6, 6.07) is 9.71. The van der Waals surface area contributed by atoms with E-state index in [0.717, 1.165) is 54.9 Å². The van der Waals surface area contributed by atoms with Crippen LogP contribution < -0.4 is 10.2 Å². The van der Waals surface area contributed by atoms with Crippen LogP contribution in [0, 0.1) is 0 Å². The summed E-state index contributed by atoms with van der Waals surface area (Å²) in [5.74, 6) is 0.411. The largest absolute Gasteiger partial charge is 0.445 e. The molecule has 5 rings (SSSR count). The van der Waals surface area contributed by atoms with E-state index in [1.54, 1.807) is 6.33 Å². The van der Waals surface area contributed by atoms with Crippen molar-refractivity contribution in [1.82, 2.24) is 15.3 Å². The van der Waals surface area contributed by atoms with Crippen LogP contribution in [0.2, 0.25) is 0 Å². The molecule has 0 bridgehead atoms. The van der Waals surface area contributed by atoms with Crippen LogP contribution in [0.5, 0.6) is 0 Å². The van der Waals surface area contributed by atoms with E-state index in [0.29, 0.717) is 26.2 Å². The molecular formula is C23H28N4O4. The highest BCUT2D eigenvalue weighted by atomic mass is 16.7. The second-order valence-electron chi connectivity index (χ2n) is 8.40. The van der Waals surface area contributed by atoms with Gasteiger partial charge in [0.2, 0.25) is 0 Å². The van der Waals surface area contributed by atoms with E-state index in [-0.39, 0.29) is 18.7 Å². The van der Waals surface area contributed by atoms with Crippen LogP contribution in [0.25, 0.3) is 0 Å². The van der Waals surface area contributed by atoms with Crippen molar-refractivity contribution in [2.24, 2.45) is 0 Å². The Balaban J connectivity index is 1.23. The van der Waals surface area contributed by atoms with E-state index in [1.165, 1.54) is 0 Å². The average Bonchev–Trinajstić information content (AvgIpc) is 3.26. The highest BCUT2D eigenvalue weighted by Crippen LogP contribution is 2.38.